The maximum Gasteiger partial charge on any atom is 0.410 e. The highest BCUT2D eigenvalue weighted by Gasteiger charge is 2.26. The molecule has 11 nitrogen and oxygen atoms in total. The van der Waals surface area contributed by atoms with Gasteiger partial charge in [0.15, 0.2) is 0 Å². The van der Waals surface area contributed by atoms with Crippen molar-refractivity contribution in [2.45, 2.75) is 52.7 Å². The quantitative estimate of drug-likeness (QED) is 0.348. The van der Waals surface area contributed by atoms with E-state index < -0.39 is 4.92 Å². The van der Waals surface area contributed by atoms with Crippen molar-refractivity contribution in [3.05, 3.63) is 51.8 Å². The van der Waals surface area contributed by atoms with Gasteiger partial charge in [-0.3, -0.25) is 10.1 Å². The van der Waals surface area contributed by atoms with Crippen LogP contribution in [0.3, 0.4) is 0 Å². The summed E-state index contributed by atoms with van der Waals surface area (Å²) in [5.41, 5.74) is 1.82. The number of hydrogen-bond donors (Lipinski definition) is 0. The van der Waals surface area contributed by atoms with Crippen molar-refractivity contribution in [1.82, 2.24) is 14.9 Å². The van der Waals surface area contributed by atoms with Gasteiger partial charge >= 0.3 is 6.09 Å². The molecule has 0 aliphatic carbocycles. The number of nitro benzene ring substituents is 1. The van der Waals surface area contributed by atoms with Crippen LogP contribution in [-0.4, -0.2) is 56.9 Å². The van der Waals surface area contributed by atoms with Crippen molar-refractivity contribution in [1.29, 1.82) is 0 Å². The van der Waals surface area contributed by atoms with Gasteiger partial charge in [0.25, 0.3) is 11.6 Å². The number of oxime groups is 1. The van der Waals surface area contributed by atoms with Gasteiger partial charge in [0, 0.05) is 38.1 Å². The molecule has 0 unspecified atom stereocenters. The minimum absolute atomic E-state index is 0.00329. The lowest BCUT2D eigenvalue weighted by atomic mass is 10.1. The van der Waals surface area contributed by atoms with E-state index in [1.54, 1.807) is 30.9 Å². The zero-order valence-electron chi connectivity index (χ0n) is 19.1. The average molecular weight is 457 g/mol. The van der Waals surface area contributed by atoms with E-state index in [-0.39, 0.29) is 29.9 Å². The molecule has 1 aliphatic heterocycles. The van der Waals surface area contributed by atoms with Crippen molar-refractivity contribution in [3.63, 3.8) is 0 Å². The maximum absolute atomic E-state index is 12.0. The van der Waals surface area contributed by atoms with Crippen molar-refractivity contribution < 1.29 is 24.0 Å². The lowest BCUT2D eigenvalue weighted by Gasteiger charge is -2.31. The lowest BCUT2D eigenvalue weighted by Crippen LogP contribution is -2.42. The third-order valence-electron chi connectivity index (χ3n) is 5.07. The van der Waals surface area contributed by atoms with Crippen molar-refractivity contribution in [2.75, 3.05) is 13.1 Å². The molecule has 33 heavy (non-hydrogen) atoms. The number of nitrogens with zero attached hydrogens (tertiary/aromatic N) is 5. The van der Waals surface area contributed by atoms with Gasteiger partial charge in [0.1, 0.15) is 12.4 Å². The van der Waals surface area contributed by atoms with Gasteiger partial charge < -0.3 is 19.2 Å². The smallest absolute Gasteiger partial charge is 0.410 e. The molecular formula is C22H27N5O6. The Morgan fingerprint density at radius 2 is 1.82 bits per heavy atom. The third-order valence-corrected chi connectivity index (χ3v) is 5.07. The molecule has 0 spiro atoms. The third kappa shape index (κ3) is 6.37. The first-order chi connectivity index (χ1) is 15.7. The fraction of sp³-hybridized carbons (Fsp3) is 0.455. The van der Waals surface area contributed by atoms with Crippen LogP contribution in [0, 0.1) is 17.0 Å². The first-order valence-electron chi connectivity index (χ1n) is 10.6. The summed E-state index contributed by atoms with van der Waals surface area (Å²) in [5.74, 6) is 0.644. The molecule has 2 heterocycles. The van der Waals surface area contributed by atoms with Gasteiger partial charge in [-0.15, -0.1) is 0 Å². The second-order valence-corrected chi connectivity index (χ2v) is 7.92. The largest absolute Gasteiger partial charge is 0.474 e. The summed E-state index contributed by atoms with van der Waals surface area (Å²) < 4.78 is 11.3. The number of amides is 1. The monoisotopic (exact) mass is 457 g/mol. The second kappa shape index (κ2) is 10.7. The fourth-order valence-corrected chi connectivity index (χ4v) is 3.21. The first kappa shape index (κ1) is 23.9. The van der Waals surface area contributed by atoms with Gasteiger partial charge in [-0.1, -0.05) is 5.16 Å². The Kier molecular flexibility index (Phi) is 7.75. The van der Waals surface area contributed by atoms with Crippen LogP contribution in [0.15, 0.2) is 35.7 Å². The SMILES string of the molecule is C/C(=N/Oc1ncnc(OC2CCN(C(=O)OC(C)C)CC2)c1C)c1ccc([N+](=O)[O-])cc1. The normalized spacial score (nSPS) is 14.8. The minimum Gasteiger partial charge on any atom is -0.474 e. The van der Waals surface area contributed by atoms with Gasteiger partial charge in [0.05, 0.1) is 22.3 Å². The van der Waals surface area contributed by atoms with Crippen LogP contribution in [0.4, 0.5) is 10.5 Å². The highest BCUT2D eigenvalue weighted by Crippen LogP contribution is 2.26. The number of benzene rings is 1. The van der Waals surface area contributed by atoms with E-state index in [0.29, 0.717) is 48.6 Å². The molecule has 1 aliphatic rings. The van der Waals surface area contributed by atoms with Gasteiger partial charge in [0.2, 0.25) is 5.88 Å². The van der Waals surface area contributed by atoms with E-state index in [1.165, 1.54) is 18.5 Å². The number of carbonyl (C=O) groups is 1. The number of carbonyl (C=O) groups excluding carboxylic acids is 1. The minimum atomic E-state index is -0.459. The van der Waals surface area contributed by atoms with Crippen molar-refractivity contribution in [2.24, 2.45) is 5.16 Å². The number of hydrogen-bond acceptors (Lipinski definition) is 9. The molecule has 0 N–H and O–H groups in total. The highest BCUT2D eigenvalue weighted by molar-refractivity contribution is 5.98. The van der Waals surface area contributed by atoms with E-state index in [4.69, 9.17) is 14.3 Å². The Morgan fingerprint density at radius 3 is 2.42 bits per heavy atom. The fourth-order valence-electron chi connectivity index (χ4n) is 3.21. The summed E-state index contributed by atoms with van der Waals surface area (Å²) in [5, 5.41) is 14.9. The molecule has 176 valence electrons. The summed E-state index contributed by atoms with van der Waals surface area (Å²) in [7, 11) is 0. The number of piperidine rings is 1. The van der Waals surface area contributed by atoms with Crippen molar-refractivity contribution >= 4 is 17.5 Å². The molecule has 0 radical (unpaired) electrons. The van der Waals surface area contributed by atoms with E-state index in [1.807, 2.05) is 13.8 Å². The Morgan fingerprint density at radius 1 is 1.18 bits per heavy atom. The van der Waals surface area contributed by atoms with Crippen LogP contribution >= 0.6 is 0 Å². The Labute approximate surface area is 191 Å². The zero-order valence-corrected chi connectivity index (χ0v) is 19.1. The molecule has 1 aromatic heterocycles. The average Bonchev–Trinajstić information content (AvgIpc) is 2.79. The summed E-state index contributed by atoms with van der Waals surface area (Å²) >= 11 is 0. The van der Waals surface area contributed by atoms with Crippen LogP contribution < -0.4 is 9.57 Å². The molecular weight excluding hydrogens is 430 g/mol. The summed E-state index contributed by atoms with van der Waals surface area (Å²) in [6.07, 6.45) is 2.09. The van der Waals surface area contributed by atoms with E-state index in [9.17, 15) is 14.9 Å². The summed E-state index contributed by atoms with van der Waals surface area (Å²) in [6.45, 7) is 8.24. The lowest BCUT2D eigenvalue weighted by molar-refractivity contribution is -0.384. The van der Waals surface area contributed by atoms with Crippen LogP contribution in [0.25, 0.3) is 0 Å². The number of likely N-dealkylation sites (tertiary alicyclic amines) is 1. The number of rotatable bonds is 7. The molecule has 0 atom stereocenters. The molecule has 1 fully saturated rings. The molecule has 3 rings (SSSR count). The Balaban J connectivity index is 1.60. The Bertz CT molecular complexity index is 1020. The second-order valence-electron chi connectivity index (χ2n) is 7.92. The molecule has 1 amide bonds. The topological polar surface area (TPSA) is 129 Å². The number of non-ortho nitro benzene ring substituents is 1. The van der Waals surface area contributed by atoms with Gasteiger partial charge in [-0.25, -0.2) is 9.78 Å². The molecule has 11 heteroatoms. The van der Waals surface area contributed by atoms with Crippen LogP contribution in [0.1, 0.15) is 44.7 Å². The molecule has 0 bridgehead atoms. The summed E-state index contributed by atoms with van der Waals surface area (Å²) in [6, 6.07) is 6.02. The van der Waals surface area contributed by atoms with Gasteiger partial charge in [-0.05, 0) is 45.4 Å². The van der Waals surface area contributed by atoms with Crippen LogP contribution in [0.2, 0.25) is 0 Å². The maximum atomic E-state index is 12.0. The predicted molar refractivity (Wildman–Crippen MR) is 120 cm³/mol. The molecule has 2 aromatic rings. The van der Waals surface area contributed by atoms with E-state index in [2.05, 4.69) is 15.1 Å². The number of nitro groups is 1. The highest BCUT2D eigenvalue weighted by atomic mass is 16.6. The first-order valence-corrected chi connectivity index (χ1v) is 10.6. The number of ether oxygens (including phenoxy) is 2. The van der Waals surface area contributed by atoms with Gasteiger partial charge in [-0.2, -0.15) is 4.98 Å². The predicted octanol–water partition coefficient (Wildman–Crippen LogP) is 3.88. The summed E-state index contributed by atoms with van der Waals surface area (Å²) in [4.78, 5) is 37.9. The van der Waals surface area contributed by atoms with Crippen molar-refractivity contribution in [3.8, 4) is 11.8 Å². The van der Waals surface area contributed by atoms with Crippen LogP contribution in [0.5, 0.6) is 11.8 Å². The van der Waals surface area contributed by atoms with E-state index in [0.717, 1.165) is 0 Å². The molecule has 0 saturated carbocycles. The van der Waals surface area contributed by atoms with Crippen LogP contribution in [-0.2, 0) is 4.74 Å². The van der Waals surface area contributed by atoms with E-state index >= 15 is 0 Å². The molecule has 1 saturated heterocycles. The number of aromatic nitrogens is 2. The molecule has 1 aromatic carbocycles. The Hall–Kier alpha value is -3.76. The standard InChI is InChI=1S/C22H27N5O6/c1-14(2)31-22(28)26-11-9-19(10-12-26)32-20-15(3)21(24-13-23-20)33-25-16(4)17-5-7-18(8-6-17)27(29)30/h5-8,13-14,19H,9-12H2,1-4H3/b25-16-. The zero-order chi connectivity index (χ0) is 24.0.